The number of nitrogens with one attached hydrogen (secondary N) is 1. The van der Waals surface area contributed by atoms with Gasteiger partial charge in [-0.05, 0) is 12.1 Å². The third-order valence-corrected chi connectivity index (χ3v) is 2.92. The highest BCUT2D eigenvalue weighted by molar-refractivity contribution is 5.66. The second-order valence-electron chi connectivity index (χ2n) is 4.29. The molecule has 1 aromatic carbocycles. The second kappa shape index (κ2) is 6.04. The molecular weight excluding hydrogens is 268 g/mol. The molecule has 2 heterocycles. The zero-order valence-electron chi connectivity index (χ0n) is 11.5. The minimum Gasteiger partial charge on any atom is -0.487 e. The Morgan fingerprint density at radius 1 is 1.19 bits per heavy atom. The molecule has 0 atom stereocenters. The largest absolute Gasteiger partial charge is 0.487 e. The summed E-state index contributed by atoms with van der Waals surface area (Å²) >= 11 is 0. The summed E-state index contributed by atoms with van der Waals surface area (Å²) in [6.07, 6.45) is 6.67. The predicted molar refractivity (Wildman–Crippen MR) is 76.9 cm³/mol. The highest BCUT2D eigenvalue weighted by Crippen LogP contribution is 2.29. The number of H-pyrrole nitrogens is 1. The Morgan fingerprint density at radius 2 is 2.10 bits per heavy atom. The summed E-state index contributed by atoms with van der Waals surface area (Å²) in [4.78, 5) is 15.5. The monoisotopic (exact) mass is 282 g/mol. The Labute approximate surface area is 121 Å². The molecule has 0 aliphatic rings. The molecule has 0 amide bonds. The fourth-order valence-electron chi connectivity index (χ4n) is 1.90. The first-order valence-corrected chi connectivity index (χ1v) is 6.42. The fourth-order valence-corrected chi connectivity index (χ4v) is 1.90. The molecule has 0 fully saturated rings. The van der Waals surface area contributed by atoms with Gasteiger partial charge in [-0.1, -0.05) is 12.1 Å². The summed E-state index contributed by atoms with van der Waals surface area (Å²) in [5, 5.41) is 0. The van der Waals surface area contributed by atoms with Crippen LogP contribution in [0.4, 0.5) is 0 Å². The van der Waals surface area contributed by atoms with E-state index in [0.717, 1.165) is 17.0 Å². The van der Waals surface area contributed by atoms with Crippen molar-refractivity contribution in [3.05, 3.63) is 54.9 Å². The van der Waals surface area contributed by atoms with Crippen molar-refractivity contribution in [2.24, 2.45) is 0 Å². The van der Waals surface area contributed by atoms with Gasteiger partial charge >= 0.3 is 0 Å². The van der Waals surface area contributed by atoms with E-state index < -0.39 is 0 Å². The molecule has 106 valence electrons. The number of ether oxygens (including phenoxy) is 2. The van der Waals surface area contributed by atoms with Crippen LogP contribution in [0.25, 0.3) is 11.3 Å². The van der Waals surface area contributed by atoms with E-state index in [2.05, 4.69) is 19.9 Å². The van der Waals surface area contributed by atoms with Gasteiger partial charge in [-0.15, -0.1) is 0 Å². The van der Waals surface area contributed by atoms with Crippen molar-refractivity contribution in [2.75, 3.05) is 7.11 Å². The van der Waals surface area contributed by atoms with Crippen molar-refractivity contribution in [1.29, 1.82) is 0 Å². The quantitative estimate of drug-likeness (QED) is 0.778. The lowest BCUT2D eigenvalue weighted by atomic mass is 10.1. The molecule has 0 aliphatic carbocycles. The van der Waals surface area contributed by atoms with Gasteiger partial charge in [0.1, 0.15) is 12.4 Å². The second-order valence-corrected chi connectivity index (χ2v) is 4.29. The van der Waals surface area contributed by atoms with E-state index in [-0.39, 0.29) is 0 Å². The molecule has 6 heteroatoms. The topological polar surface area (TPSA) is 72.9 Å². The number of aromatic nitrogens is 4. The highest BCUT2D eigenvalue weighted by Gasteiger charge is 2.09. The van der Waals surface area contributed by atoms with Crippen LogP contribution in [0.2, 0.25) is 0 Å². The Kier molecular flexibility index (Phi) is 3.77. The molecule has 1 N–H and O–H groups in total. The zero-order valence-corrected chi connectivity index (χ0v) is 11.5. The zero-order chi connectivity index (χ0) is 14.5. The number of nitrogens with zero attached hydrogens (tertiary/aromatic N) is 3. The van der Waals surface area contributed by atoms with E-state index in [1.165, 1.54) is 0 Å². The molecule has 2 aromatic heterocycles. The van der Waals surface area contributed by atoms with Gasteiger partial charge in [-0.3, -0.25) is 4.98 Å². The lowest BCUT2D eigenvalue weighted by molar-refractivity contribution is 0.303. The average molecular weight is 282 g/mol. The Bertz CT molecular complexity index is 713. The van der Waals surface area contributed by atoms with Crippen LogP contribution in [0.1, 0.15) is 5.69 Å². The molecule has 21 heavy (non-hydrogen) atoms. The van der Waals surface area contributed by atoms with Crippen LogP contribution in [0, 0.1) is 0 Å². The van der Waals surface area contributed by atoms with Gasteiger partial charge < -0.3 is 14.5 Å². The van der Waals surface area contributed by atoms with Crippen LogP contribution in [-0.2, 0) is 6.61 Å². The van der Waals surface area contributed by atoms with E-state index in [1.54, 1.807) is 32.0 Å². The van der Waals surface area contributed by atoms with E-state index in [1.807, 2.05) is 24.3 Å². The number of methoxy groups -OCH3 is 1. The number of rotatable bonds is 5. The molecule has 0 radical (unpaired) electrons. The van der Waals surface area contributed by atoms with Crippen molar-refractivity contribution >= 4 is 0 Å². The van der Waals surface area contributed by atoms with Gasteiger partial charge in [0.2, 0.25) is 5.88 Å². The predicted octanol–water partition coefficient (Wildman–Crippen LogP) is 2.45. The SMILES string of the molecule is COc1cncc(-c2ccccc2OCc2c[nH]cn2)n1. The first-order chi connectivity index (χ1) is 10.4. The van der Waals surface area contributed by atoms with Crippen LogP contribution in [0.5, 0.6) is 11.6 Å². The van der Waals surface area contributed by atoms with Crippen LogP contribution in [-0.4, -0.2) is 27.0 Å². The van der Waals surface area contributed by atoms with Crippen LogP contribution in [0.15, 0.2) is 49.2 Å². The van der Waals surface area contributed by atoms with Crippen LogP contribution in [0.3, 0.4) is 0 Å². The lowest BCUT2D eigenvalue weighted by Gasteiger charge is -2.10. The average Bonchev–Trinajstić information content (AvgIpc) is 3.07. The summed E-state index contributed by atoms with van der Waals surface area (Å²) < 4.78 is 10.9. The number of imidazole rings is 1. The Hall–Kier alpha value is -2.89. The Balaban J connectivity index is 1.88. The molecule has 6 nitrogen and oxygen atoms in total. The lowest BCUT2D eigenvalue weighted by Crippen LogP contribution is -1.98. The first-order valence-electron chi connectivity index (χ1n) is 6.42. The minimum absolute atomic E-state index is 0.387. The van der Waals surface area contributed by atoms with Gasteiger partial charge in [-0.2, -0.15) is 0 Å². The summed E-state index contributed by atoms with van der Waals surface area (Å²) in [6, 6.07) is 7.67. The summed E-state index contributed by atoms with van der Waals surface area (Å²) in [6.45, 7) is 0.387. The van der Waals surface area contributed by atoms with Crippen molar-refractivity contribution in [2.45, 2.75) is 6.61 Å². The number of benzene rings is 1. The van der Waals surface area contributed by atoms with E-state index in [4.69, 9.17) is 9.47 Å². The van der Waals surface area contributed by atoms with Crippen molar-refractivity contribution in [3.8, 4) is 22.9 Å². The first kappa shape index (κ1) is 13.1. The van der Waals surface area contributed by atoms with E-state index in [9.17, 15) is 0 Å². The molecule has 3 aromatic rings. The third-order valence-electron chi connectivity index (χ3n) is 2.92. The smallest absolute Gasteiger partial charge is 0.232 e. The number of aromatic amines is 1. The molecule has 0 saturated heterocycles. The number of para-hydroxylation sites is 1. The van der Waals surface area contributed by atoms with Gasteiger partial charge in [0.15, 0.2) is 0 Å². The maximum absolute atomic E-state index is 5.82. The molecule has 0 unspecified atom stereocenters. The van der Waals surface area contributed by atoms with Crippen molar-refractivity contribution in [3.63, 3.8) is 0 Å². The van der Waals surface area contributed by atoms with Crippen LogP contribution >= 0.6 is 0 Å². The number of hydrogen-bond donors (Lipinski definition) is 1. The summed E-state index contributed by atoms with van der Waals surface area (Å²) in [5.74, 6) is 1.19. The van der Waals surface area contributed by atoms with Crippen LogP contribution < -0.4 is 9.47 Å². The molecule has 0 bridgehead atoms. The highest BCUT2D eigenvalue weighted by atomic mass is 16.5. The fraction of sp³-hybridized carbons (Fsp3) is 0.133. The normalized spacial score (nSPS) is 10.3. The summed E-state index contributed by atoms with van der Waals surface area (Å²) in [7, 11) is 1.56. The number of hydrogen-bond acceptors (Lipinski definition) is 5. The summed E-state index contributed by atoms with van der Waals surface area (Å²) in [5.41, 5.74) is 2.40. The van der Waals surface area contributed by atoms with Gasteiger partial charge in [0.05, 0.1) is 37.2 Å². The molecule has 3 rings (SSSR count). The van der Waals surface area contributed by atoms with E-state index >= 15 is 0 Å². The third kappa shape index (κ3) is 3.00. The molecule has 0 saturated carbocycles. The Morgan fingerprint density at radius 3 is 2.90 bits per heavy atom. The maximum Gasteiger partial charge on any atom is 0.232 e. The maximum atomic E-state index is 5.82. The van der Waals surface area contributed by atoms with Crippen molar-refractivity contribution < 1.29 is 9.47 Å². The standard InChI is InChI=1S/C15H14N4O2/c1-20-15-8-16-7-13(19-15)12-4-2-3-5-14(12)21-9-11-6-17-10-18-11/h2-8,10H,9H2,1H3,(H,17,18). The van der Waals surface area contributed by atoms with Gasteiger partial charge in [0.25, 0.3) is 0 Å². The minimum atomic E-state index is 0.387. The molecular formula is C15H14N4O2. The molecule has 0 aliphatic heterocycles. The van der Waals surface area contributed by atoms with Gasteiger partial charge in [0, 0.05) is 11.8 Å². The molecule has 0 spiro atoms. The van der Waals surface area contributed by atoms with Crippen molar-refractivity contribution in [1.82, 2.24) is 19.9 Å². The van der Waals surface area contributed by atoms with E-state index in [0.29, 0.717) is 18.2 Å². The van der Waals surface area contributed by atoms with Gasteiger partial charge in [-0.25, -0.2) is 9.97 Å².